The zero-order chi connectivity index (χ0) is 12.3. The fourth-order valence-electron chi connectivity index (χ4n) is 1.14. The predicted octanol–water partition coefficient (Wildman–Crippen LogP) is 2.02. The van der Waals surface area contributed by atoms with Crippen LogP contribution >= 0.6 is 0 Å². The van der Waals surface area contributed by atoms with E-state index in [1.807, 2.05) is 6.07 Å². The third-order valence-electron chi connectivity index (χ3n) is 2.25. The molecule has 0 aromatic heterocycles. The van der Waals surface area contributed by atoms with E-state index in [2.05, 4.69) is 0 Å². The highest BCUT2D eigenvalue weighted by molar-refractivity contribution is 7.91. The van der Waals surface area contributed by atoms with E-state index in [0.717, 1.165) is 6.07 Å². The fourth-order valence-corrected chi connectivity index (χ4v) is 2.13. The molecule has 0 aliphatic carbocycles. The largest absolute Gasteiger partial charge is 0.228 e. The van der Waals surface area contributed by atoms with Crippen molar-refractivity contribution in [1.29, 1.82) is 5.26 Å². The van der Waals surface area contributed by atoms with Crippen molar-refractivity contribution in [2.45, 2.75) is 24.9 Å². The summed E-state index contributed by atoms with van der Waals surface area (Å²) in [5, 5.41) is 8.08. The maximum atomic E-state index is 13.3. The van der Waals surface area contributed by atoms with Gasteiger partial charge in [0.05, 0.1) is 22.6 Å². The second-order valence-electron chi connectivity index (χ2n) is 3.77. The minimum atomic E-state index is -3.35. The maximum absolute atomic E-state index is 13.3. The van der Waals surface area contributed by atoms with E-state index in [0.29, 0.717) is 0 Å². The quantitative estimate of drug-likeness (QED) is 0.813. The number of hydrogen-bond donors (Lipinski definition) is 0. The minimum absolute atomic E-state index is 0.0488. The molecular weight excluding hydrogens is 229 g/mol. The molecular formula is C11H12FNO2S. The predicted molar refractivity (Wildman–Crippen MR) is 58.9 cm³/mol. The molecule has 1 rings (SSSR count). The second kappa shape index (κ2) is 4.62. The second-order valence-corrected chi connectivity index (χ2v) is 6.33. The maximum Gasteiger partial charge on any atom is 0.156 e. The van der Waals surface area contributed by atoms with E-state index >= 15 is 0 Å². The Morgan fingerprint density at radius 1 is 1.44 bits per heavy atom. The molecule has 0 saturated heterocycles. The van der Waals surface area contributed by atoms with Crippen LogP contribution in [-0.2, 0) is 15.6 Å². The lowest BCUT2D eigenvalue weighted by Crippen LogP contribution is -2.16. The molecule has 1 aromatic rings. The Hall–Kier alpha value is -1.41. The summed E-state index contributed by atoms with van der Waals surface area (Å²) in [4.78, 5) is 0. The lowest BCUT2D eigenvalue weighted by atomic mass is 10.1. The van der Waals surface area contributed by atoms with Crippen molar-refractivity contribution in [3.05, 3.63) is 35.1 Å². The molecule has 0 fully saturated rings. The Kier molecular flexibility index (Phi) is 3.66. The summed E-state index contributed by atoms with van der Waals surface area (Å²) in [6.45, 7) is 3.09. The van der Waals surface area contributed by atoms with Crippen LogP contribution in [0, 0.1) is 17.1 Å². The molecule has 5 heteroatoms. The van der Waals surface area contributed by atoms with Gasteiger partial charge < -0.3 is 0 Å². The van der Waals surface area contributed by atoms with E-state index in [1.165, 1.54) is 12.1 Å². The lowest BCUT2D eigenvalue weighted by molar-refractivity contribution is 0.579. The molecule has 0 saturated carbocycles. The van der Waals surface area contributed by atoms with Gasteiger partial charge in [-0.1, -0.05) is 0 Å². The van der Waals surface area contributed by atoms with Crippen molar-refractivity contribution in [1.82, 2.24) is 0 Å². The zero-order valence-electron chi connectivity index (χ0n) is 9.07. The van der Waals surface area contributed by atoms with Gasteiger partial charge in [-0.15, -0.1) is 0 Å². The van der Waals surface area contributed by atoms with Crippen molar-refractivity contribution in [2.24, 2.45) is 0 Å². The first-order valence-electron chi connectivity index (χ1n) is 4.77. The summed E-state index contributed by atoms with van der Waals surface area (Å²) < 4.78 is 36.5. The van der Waals surface area contributed by atoms with E-state index in [4.69, 9.17) is 5.26 Å². The number of nitriles is 1. The van der Waals surface area contributed by atoms with E-state index in [9.17, 15) is 12.8 Å². The van der Waals surface area contributed by atoms with Crippen molar-refractivity contribution < 1.29 is 12.8 Å². The average molecular weight is 241 g/mol. The third-order valence-corrected chi connectivity index (χ3v) is 4.40. The van der Waals surface area contributed by atoms with Crippen molar-refractivity contribution >= 4 is 9.84 Å². The summed E-state index contributed by atoms with van der Waals surface area (Å²) in [5.74, 6) is -0.963. The summed E-state index contributed by atoms with van der Waals surface area (Å²) >= 11 is 0. The summed E-state index contributed by atoms with van der Waals surface area (Å²) in [6.07, 6.45) is 0. The molecule has 0 bridgehead atoms. The van der Waals surface area contributed by atoms with Gasteiger partial charge in [-0.25, -0.2) is 12.8 Å². The Labute approximate surface area is 94.4 Å². The van der Waals surface area contributed by atoms with Gasteiger partial charge in [0.2, 0.25) is 0 Å². The highest BCUT2D eigenvalue weighted by atomic mass is 32.2. The molecule has 16 heavy (non-hydrogen) atoms. The van der Waals surface area contributed by atoms with Gasteiger partial charge in [-0.2, -0.15) is 5.26 Å². The molecule has 0 aliphatic rings. The minimum Gasteiger partial charge on any atom is -0.228 e. The van der Waals surface area contributed by atoms with Gasteiger partial charge in [0.1, 0.15) is 5.82 Å². The average Bonchev–Trinajstić information content (AvgIpc) is 2.21. The van der Waals surface area contributed by atoms with Gasteiger partial charge in [0.25, 0.3) is 0 Å². The number of benzene rings is 1. The number of nitrogens with zero attached hydrogens (tertiary/aromatic N) is 1. The molecule has 0 heterocycles. The van der Waals surface area contributed by atoms with Gasteiger partial charge >= 0.3 is 0 Å². The summed E-state index contributed by atoms with van der Waals surface area (Å²) in [7, 11) is -3.35. The summed E-state index contributed by atoms with van der Waals surface area (Å²) in [6, 6.07) is 5.56. The number of halogens is 1. The van der Waals surface area contributed by atoms with Gasteiger partial charge in [0.15, 0.2) is 9.84 Å². The van der Waals surface area contributed by atoms with Gasteiger partial charge in [-0.05, 0) is 32.0 Å². The van der Waals surface area contributed by atoms with E-state index in [-0.39, 0.29) is 16.9 Å². The zero-order valence-corrected chi connectivity index (χ0v) is 9.88. The highest BCUT2D eigenvalue weighted by Crippen LogP contribution is 2.16. The molecule has 0 unspecified atom stereocenters. The molecule has 0 radical (unpaired) electrons. The van der Waals surface area contributed by atoms with Gasteiger partial charge in [0, 0.05) is 5.56 Å². The lowest BCUT2D eigenvalue weighted by Gasteiger charge is -2.08. The number of sulfone groups is 1. The highest BCUT2D eigenvalue weighted by Gasteiger charge is 2.19. The molecule has 0 atom stereocenters. The molecule has 0 spiro atoms. The summed E-state index contributed by atoms with van der Waals surface area (Å²) in [5.41, 5.74) is 0.308. The SMILES string of the molecule is CC(C)S(=O)(=O)Cc1cc(C#N)ccc1F. The van der Waals surface area contributed by atoms with Crippen LogP contribution in [0.3, 0.4) is 0 Å². The standard InChI is InChI=1S/C11H12FNO2S/c1-8(2)16(14,15)7-10-5-9(6-13)3-4-11(10)12/h3-5,8H,7H2,1-2H3. The molecule has 0 aliphatic heterocycles. The Bertz CT molecular complexity index is 529. The monoisotopic (exact) mass is 241 g/mol. The normalized spacial score (nSPS) is 11.4. The van der Waals surface area contributed by atoms with Crippen molar-refractivity contribution in [2.75, 3.05) is 0 Å². The molecule has 1 aromatic carbocycles. The van der Waals surface area contributed by atoms with Crippen LogP contribution in [0.1, 0.15) is 25.0 Å². The number of rotatable bonds is 3. The van der Waals surface area contributed by atoms with Crippen LogP contribution in [0.4, 0.5) is 4.39 Å². The van der Waals surface area contributed by atoms with Crippen LogP contribution < -0.4 is 0 Å². The van der Waals surface area contributed by atoms with Crippen LogP contribution in [0.15, 0.2) is 18.2 Å². The van der Waals surface area contributed by atoms with Gasteiger partial charge in [-0.3, -0.25) is 0 Å². The topological polar surface area (TPSA) is 57.9 Å². The van der Waals surface area contributed by atoms with Crippen LogP contribution in [0.5, 0.6) is 0 Å². The molecule has 86 valence electrons. The van der Waals surface area contributed by atoms with Crippen molar-refractivity contribution in [3.63, 3.8) is 0 Å². The molecule has 3 nitrogen and oxygen atoms in total. The van der Waals surface area contributed by atoms with Crippen LogP contribution in [0.2, 0.25) is 0 Å². The number of hydrogen-bond acceptors (Lipinski definition) is 3. The van der Waals surface area contributed by atoms with E-state index in [1.54, 1.807) is 13.8 Å². The fraction of sp³-hybridized carbons (Fsp3) is 0.364. The molecule has 0 amide bonds. The first-order valence-corrected chi connectivity index (χ1v) is 6.48. The Balaban J connectivity index is 3.12. The Morgan fingerprint density at radius 3 is 2.56 bits per heavy atom. The van der Waals surface area contributed by atoms with Crippen LogP contribution in [-0.4, -0.2) is 13.7 Å². The van der Waals surface area contributed by atoms with Crippen molar-refractivity contribution in [3.8, 4) is 6.07 Å². The first-order chi connectivity index (χ1) is 7.36. The molecule has 0 N–H and O–H groups in total. The third kappa shape index (κ3) is 2.80. The Morgan fingerprint density at radius 2 is 2.06 bits per heavy atom. The smallest absolute Gasteiger partial charge is 0.156 e. The van der Waals surface area contributed by atoms with E-state index < -0.39 is 20.9 Å². The first kappa shape index (κ1) is 12.7. The van der Waals surface area contributed by atoms with Crippen LogP contribution in [0.25, 0.3) is 0 Å².